The Morgan fingerprint density at radius 1 is 1.04 bits per heavy atom. The van der Waals surface area contributed by atoms with Crippen LogP contribution in [0.3, 0.4) is 0 Å². The minimum atomic E-state index is 0.0577. The summed E-state index contributed by atoms with van der Waals surface area (Å²) in [6, 6.07) is 15.3. The number of rotatable bonds is 5. The second-order valence-electron chi connectivity index (χ2n) is 7.74. The second-order valence-corrected chi connectivity index (χ2v) is 9.57. The SMILES string of the molecule is CC(OCC1(N2CCNCC2)Cc2ccccc2C1)c1cc(Br)cc(Br)c1. The first kappa shape index (κ1) is 19.6. The average Bonchev–Trinajstić information content (AvgIpc) is 3.06. The van der Waals surface area contributed by atoms with Crippen LogP contribution in [0.5, 0.6) is 0 Å². The van der Waals surface area contributed by atoms with Gasteiger partial charge in [-0.05, 0) is 54.7 Å². The molecule has 1 N–H and O–H groups in total. The largest absolute Gasteiger partial charge is 0.372 e. The summed E-state index contributed by atoms with van der Waals surface area (Å²) in [7, 11) is 0. The normalized spacial score (nSPS) is 20.4. The van der Waals surface area contributed by atoms with E-state index in [-0.39, 0.29) is 11.6 Å². The van der Waals surface area contributed by atoms with E-state index in [0.717, 1.165) is 54.6 Å². The summed E-state index contributed by atoms with van der Waals surface area (Å²) < 4.78 is 8.66. The molecule has 0 bridgehead atoms. The predicted octanol–water partition coefficient (Wildman–Crippen LogP) is 4.73. The molecule has 1 saturated heterocycles. The third kappa shape index (κ3) is 4.33. The number of nitrogens with one attached hydrogen (secondary N) is 1. The lowest BCUT2D eigenvalue weighted by Gasteiger charge is -2.44. The smallest absolute Gasteiger partial charge is 0.0798 e. The number of hydrogen-bond donors (Lipinski definition) is 1. The standard InChI is InChI=1S/C22H26Br2N2O/c1-16(19-10-20(23)12-21(24)11-19)27-15-22(26-8-6-25-7-9-26)13-17-4-2-3-5-18(17)14-22/h2-5,10-12,16,25H,6-9,13-15H2,1H3. The molecule has 0 amide bonds. The number of nitrogens with zero attached hydrogens (tertiary/aromatic N) is 1. The van der Waals surface area contributed by atoms with Gasteiger partial charge in [-0.25, -0.2) is 0 Å². The Morgan fingerprint density at radius 3 is 2.22 bits per heavy atom. The van der Waals surface area contributed by atoms with E-state index < -0.39 is 0 Å². The molecule has 1 unspecified atom stereocenters. The van der Waals surface area contributed by atoms with Crippen LogP contribution in [0, 0.1) is 0 Å². The lowest BCUT2D eigenvalue weighted by Crippen LogP contribution is -2.59. The Bertz CT molecular complexity index is 759. The zero-order chi connectivity index (χ0) is 18.9. The van der Waals surface area contributed by atoms with Crippen LogP contribution in [0.4, 0.5) is 0 Å². The number of benzene rings is 2. The molecule has 0 radical (unpaired) electrons. The van der Waals surface area contributed by atoms with Crippen molar-refractivity contribution >= 4 is 31.9 Å². The topological polar surface area (TPSA) is 24.5 Å². The minimum Gasteiger partial charge on any atom is -0.372 e. The Morgan fingerprint density at radius 2 is 1.63 bits per heavy atom. The van der Waals surface area contributed by atoms with Gasteiger partial charge in [0.2, 0.25) is 0 Å². The first-order valence-electron chi connectivity index (χ1n) is 9.66. The number of hydrogen-bond acceptors (Lipinski definition) is 3. The van der Waals surface area contributed by atoms with E-state index in [1.165, 1.54) is 16.7 Å². The zero-order valence-electron chi connectivity index (χ0n) is 15.7. The van der Waals surface area contributed by atoms with Crippen molar-refractivity contribution in [3.05, 3.63) is 68.1 Å². The molecule has 1 fully saturated rings. The van der Waals surface area contributed by atoms with E-state index >= 15 is 0 Å². The van der Waals surface area contributed by atoms with Crippen molar-refractivity contribution < 1.29 is 4.74 Å². The summed E-state index contributed by atoms with van der Waals surface area (Å²) in [5, 5.41) is 3.49. The monoisotopic (exact) mass is 492 g/mol. The fourth-order valence-corrected chi connectivity index (χ4v) is 5.75. The highest BCUT2D eigenvalue weighted by Gasteiger charge is 2.43. The van der Waals surface area contributed by atoms with Gasteiger partial charge in [0.05, 0.1) is 18.2 Å². The Kier molecular flexibility index (Phi) is 6.05. The van der Waals surface area contributed by atoms with Gasteiger partial charge in [-0.2, -0.15) is 0 Å². The second kappa shape index (κ2) is 8.34. The molecule has 0 saturated carbocycles. The highest BCUT2D eigenvalue weighted by Crippen LogP contribution is 2.37. The van der Waals surface area contributed by atoms with Gasteiger partial charge in [-0.15, -0.1) is 0 Å². The van der Waals surface area contributed by atoms with E-state index in [0.29, 0.717) is 0 Å². The molecule has 0 aromatic heterocycles. The molecule has 4 rings (SSSR count). The number of halogens is 2. The van der Waals surface area contributed by atoms with Crippen LogP contribution in [0.2, 0.25) is 0 Å². The molecule has 3 nitrogen and oxygen atoms in total. The molecule has 27 heavy (non-hydrogen) atoms. The van der Waals surface area contributed by atoms with Crippen molar-refractivity contribution in [2.75, 3.05) is 32.8 Å². The number of piperazine rings is 1. The number of fused-ring (bicyclic) bond motifs is 1. The Hall–Kier alpha value is -0.720. The average molecular weight is 494 g/mol. The molecule has 144 valence electrons. The van der Waals surface area contributed by atoms with Crippen molar-refractivity contribution in [2.24, 2.45) is 0 Å². The van der Waals surface area contributed by atoms with Gasteiger partial charge in [0.15, 0.2) is 0 Å². The number of ether oxygens (including phenoxy) is 1. The van der Waals surface area contributed by atoms with Crippen molar-refractivity contribution in [3.8, 4) is 0 Å². The van der Waals surface area contributed by atoms with Crippen LogP contribution >= 0.6 is 31.9 Å². The van der Waals surface area contributed by atoms with Crippen LogP contribution in [0.1, 0.15) is 29.7 Å². The third-order valence-electron chi connectivity index (χ3n) is 5.90. The molecular formula is C22H26Br2N2O. The summed E-state index contributed by atoms with van der Waals surface area (Å²) in [5.41, 5.74) is 4.24. The molecule has 2 aromatic rings. The van der Waals surface area contributed by atoms with Gasteiger partial charge in [0.25, 0.3) is 0 Å². The van der Waals surface area contributed by atoms with Crippen LogP contribution in [0.25, 0.3) is 0 Å². The first-order chi connectivity index (χ1) is 13.1. The van der Waals surface area contributed by atoms with Gasteiger partial charge >= 0.3 is 0 Å². The highest BCUT2D eigenvalue weighted by molar-refractivity contribution is 9.11. The van der Waals surface area contributed by atoms with Crippen LogP contribution in [0.15, 0.2) is 51.4 Å². The van der Waals surface area contributed by atoms with E-state index in [9.17, 15) is 0 Å². The molecule has 5 heteroatoms. The third-order valence-corrected chi connectivity index (χ3v) is 6.82. The van der Waals surface area contributed by atoms with E-state index in [1.807, 2.05) is 0 Å². The maximum atomic E-state index is 6.51. The fraction of sp³-hybridized carbons (Fsp3) is 0.455. The Labute approximate surface area is 178 Å². The molecule has 1 atom stereocenters. The van der Waals surface area contributed by atoms with Crippen molar-refractivity contribution in [2.45, 2.75) is 31.4 Å². The summed E-state index contributed by atoms with van der Waals surface area (Å²) in [6.07, 6.45) is 2.22. The lowest BCUT2D eigenvalue weighted by atomic mass is 9.93. The molecule has 1 aliphatic heterocycles. The predicted molar refractivity (Wildman–Crippen MR) is 117 cm³/mol. The summed E-state index contributed by atoms with van der Waals surface area (Å²) in [4.78, 5) is 2.66. The first-order valence-corrected chi connectivity index (χ1v) is 11.2. The Balaban J connectivity index is 1.53. The van der Waals surface area contributed by atoms with E-state index in [1.54, 1.807) is 0 Å². The molecule has 0 spiro atoms. The van der Waals surface area contributed by atoms with Gasteiger partial charge in [0.1, 0.15) is 0 Å². The summed E-state index contributed by atoms with van der Waals surface area (Å²) in [6.45, 7) is 7.22. The maximum absolute atomic E-state index is 6.51. The molecular weight excluding hydrogens is 468 g/mol. The molecule has 1 aliphatic carbocycles. The van der Waals surface area contributed by atoms with Crippen molar-refractivity contribution in [1.82, 2.24) is 10.2 Å². The van der Waals surface area contributed by atoms with Crippen molar-refractivity contribution in [1.29, 1.82) is 0 Å². The maximum Gasteiger partial charge on any atom is 0.0798 e. The molecule has 2 aliphatic rings. The summed E-state index contributed by atoms with van der Waals surface area (Å²) >= 11 is 7.18. The summed E-state index contributed by atoms with van der Waals surface area (Å²) in [5.74, 6) is 0. The zero-order valence-corrected chi connectivity index (χ0v) is 18.9. The fourth-order valence-electron chi connectivity index (χ4n) is 4.42. The van der Waals surface area contributed by atoms with E-state index in [2.05, 4.69) is 91.5 Å². The van der Waals surface area contributed by atoms with Gasteiger partial charge < -0.3 is 10.1 Å². The van der Waals surface area contributed by atoms with Crippen LogP contribution in [-0.2, 0) is 17.6 Å². The van der Waals surface area contributed by atoms with Gasteiger partial charge in [-0.1, -0.05) is 56.1 Å². The van der Waals surface area contributed by atoms with Crippen molar-refractivity contribution in [3.63, 3.8) is 0 Å². The highest BCUT2D eigenvalue weighted by atomic mass is 79.9. The van der Waals surface area contributed by atoms with Gasteiger partial charge in [0, 0.05) is 35.1 Å². The molecule has 2 aromatic carbocycles. The van der Waals surface area contributed by atoms with Gasteiger partial charge in [-0.3, -0.25) is 4.90 Å². The molecule has 1 heterocycles. The van der Waals surface area contributed by atoms with Crippen LogP contribution in [-0.4, -0.2) is 43.2 Å². The van der Waals surface area contributed by atoms with Crippen LogP contribution < -0.4 is 5.32 Å². The quantitative estimate of drug-likeness (QED) is 0.651. The van der Waals surface area contributed by atoms with E-state index in [4.69, 9.17) is 4.74 Å². The lowest BCUT2D eigenvalue weighted by molar-refractivity contribution is -0.0379. The minimum absolute atomic E-state index is 0.0577.